The number of halogens is 1. The number of anilines is 1. The predicted octanol–water partition coefficient (Wildman–Crippen LogP) is 8.74. The minimum Gasteiger partial charge on any atom is -0.493 e. The Kier molecular flexibility index (Phi) is 8.01. The van der Waals surface area contributed by atoms with Gasteiger partial charge in [0.2, 0.25) is 0 Å². The van der Waals surface area contributed by atoms with Crippen molar-refractivity contribution in [2.24, 2.45) is 0 Å². The fourth-order valence-corrected chi connectivity index (χ4v) is 6.89. The van der Waals surface area contributed by atoms with Crippen molar-refractivity contribution < 1.29 is 13.9 Å². The Labute approximate surface area is 249 Å². The molecule has 1 fully saturated rings. The molecule has 1 saturated heterocycles. The van der Waals surface area contributed by atoms with E-state index in [1.807, 2.05) is 12.1 Å². The quantitative estimate of drug-likeness (QED) is 0.242. The first-order valence-electron chi connectivity index (χ1n) is 15.7. The van der Waals surface area contributed by atoms with Crippen LogP contribution in [0.5, 0.6) is 5.75 Å². The molecule has 0 saturated carbocycles. The summed E-state index contributed by atoms with van der Waals surface area (Å²) < 4.78 is 29.5. The first-order valence-corrected chi connectivity index (χ1v) is 15.7. The van der Waals surface area contributed by atoms with Gasteiger partial charge in [0.05, 0.1) is 17.9 Å². The Morgan fingerprint density at radius 3 is 2.52 bits per heavy atom. The molecule has 0 unspecified atom stereocenters. The molecule has 0 aliphatic carbocycles. The molecule has 7 rings (SSSR count). The van der Waals surface area contributed by atoms with Gasteiger partial charge in [0, 0.05) is 42.6 Å². The molecule has 2 aromatic heterocycles. The summed E-state index contributed by atoms with van der Waals surface area (Å²) in [5.41, 5.74) is 8.61. The Hall–Kier alpha value is -3.38. The molecule has 222 valence electrons. The van der Waals surface area contributed by atoms with Gasteiger partial charge in [-0.3, -0.25) is 4.40 Å². The van der Waals surface area contributed by atoms with Crippen molar-refractivity contribution in [3.63, 3.8) is 0 Å². The van der Waals surface area contributed by atoms with Gasteiger partial charge in [-0.15, -0.1) is 0 Å². The van der Waals surface area contributed by atoms with E-state index in [1.54, 1.807) is 12.1 Å². The minimum absolute atomic E-state index is 0.101. The molecule has 3 aliphatic heterocycles. The van der Waals surface area contributed by atoms with Crippen LogP contribution in [0.15, 0.2) is 48.7 Å². The summed E-state index contributed by atoms with van der Waals surface area (Å²) in [6.07, 6.45) is 8.16. The monoisotopic (exact) mass is 569 g/mol. The van der Waals surface area contributed by atoms with Gasteiger partial charge >= 0.3 is 0 Å². The molecule has 0 spiro atoms. The number of nitrogens with zero attached hydrogens (tertiary/aromatic N) is 3. The molecule has 0 amide bonds. The number of hydrogen-bond donors (Lipinski definition) is 0. The molecule has 5 nitrogen and oxygen atoms in total. The Bertz CT molecular complexity index is 1580. The van der Waals surface area contributed by atoms with Crippen molar-refractivity contribution in [3.05, 3.63) is 71.2 Å². The number of aromatic nitrogens is 2. The molecule has 4 aromatic rings. The van der Waals surface area contributed by atoms with E-state index in [1.165, 1.54) is 28.6 Å². The van der Waals surface area contributed by atoms with E-state index >= 15 is 0 Å². The van der Waals surface area contributed by atoms with Gasteiger partial charge < -0.3 is 14.4 Å². The van der Waals surface area contributed by atoms with Crippen LogP contribution in [0.1, 0.15) is 82.4 Å². The lowest BCUT2D eigenvalue weighted by Gasteiger charge is -2.41. The summed E-state index contributed by atoms with van der Waals surface area (Å²) in [7, 11) is 0. The molecule has 5 heterocycles. The van der Waals surface area contributed by atoms with Crippen molar-refractivity contribution in [1.29, 1.82) is 0 Å². The fourth-order valence-electron chi connectivity index (χ4n) is 6.89. The molecule has 0 N–H and O–H groups in total. The molecule has 0 atom stereocenters. The SMILES string of the molecule is CCc1c(C)c(C(C)C)c2nc3cn2c1N1CCC(C)(CC1)OCCCCCOc1ccc(F)cc1-c1cccc-3c1. The van der Waals surface area contributed by atoms with Gasteiger partial charge in [-0.05, 0) is 99.2 Å². The third kappa shape index (κ3) is 5.42. The second kappa shape index (κ2) is 11.7. The van der Waals surface area contributed by atoms with Crippen LogP contribution >= 0.6 is 0 Å². The molecule has 6 bridgehead atoms. The second-order valence-corrected chi connectivity index (χ2v) is 12.6. The van der Waals surface area contributed by atoms with Crippen LogP contribution in [0.3, 0.4) is 0 Å². The van der Waals surface area contributed by atoms with E-state index in [2.05, 4.69) is 62.2 Å². The largest absolute Gasteiger partial charge is 0.493 e. The first kappa shape index (κ1) is 28.7. The summed E-state index contributed by atoms with van der Waals surface area (Å²) >= 11 is 0. The summed E-state index contributed by atoms with van der Waals surface area (Å²) in [6.45, 7) is 14.6. The molecule has 6 heteroatoms. The average molecular weight is 570 g/mol. The third-order valence-electron chi connectivity index (χ3n) is 9.26. The lowest BCUT2D eigenvalue weighted by molar-refractivity contribution is -0.0493. The lowest BCUT2D eigenvalue weighted by Crippen LogP contribution is -2.45. The number of rotatable bonds is 2. The van der Waals surface area contributed by atoms with E-state index in [0.717, 1.165) is 86.3 Å². The minimum atomic E-state index is -0.270. The van der Waals surface area contributed by atoms with E-state index in [4.69, 9.17) is 14.5 Å². The summed E-state index contributed by atoms with van der Waals surface area (Å²) in [6, 6.07) is 13.1. The maximum atomic E-state index is 14.5. The molecule has 2 aromatic carbocycles. The molecular weight excluding hydrogens is 525 g/mol. The number of piperidine rings is 1. The third-order valence-corrected chi connectivity index (χ3v) is 9.26. The topological polar surface area (TPSA) is 39.0 Å². The standard InChI is InChI=1S/C36H44FN3O2/c1-6-29-25(4)33(24(2)3)34-38-31-23-40(34)35(29)39-17-15-36(5,16-18-39)42-20-9-7-8-19-41-32-14-13-28(37)22-30(32)26-11-10-12-27(31)21-26/h10-14,21-24H,6-9,15-20H2,1-5H3. The van der Waals surface area contributed by atoms with Crippen molar-refractivity contribution in [3.8, 4) is 28.1 Å². The Morgan fingerprint density at radius 2 is 1.76 bits per heavy atom. The van der Waals surface area contributed by atoms with E-state index in [0.29, 0.717) is 18.3 Å². The van der Waals surface area contributed by atoms with Crippen LogP contribution in [0.4, 0.5) is 10.2 Å². The van der Waals surface area contributed by atoms with Gasteiger partial charge in [-0.25, -0.2) is 9.37 Å². The van der Waals surface area contributed by atoms with E-state index in [-0.39, 0.29) is 11.4 Å². The van der Waals surface area contributed by atoms with Crippen molar-refractivity contribution in [2.75, 3.05) is 31.2 Å². The Balaban J connectivity index is 1.53. The highest BCUT2D eigenvalue weighted by Gasteiger charge is 2.33. The van der Waals surface area contributed by atoms with Crippen LogP contribution in [-0.4, -0.2) is 41.3 Å². The van der Waals surface area contributed by atoms with Crippen LogP contribution in [0.2, 0.25) is 0 Å². The zero-order valence-corrected chi connectivity index (χ0v) is 25.8. The van der Waals surface area contributed by atoms with Gasteiger partial charge in [-0.1, -0.05) is 39.0 Å². The summed E-state index contributed by atoms with van der Waals surface area (Å²) in [5, 5.41) is 0. The van der Waals surface area contributed by atoms with Gasteiger partial charge in [0.25, 0.3) is 0 Å². The highest BCUT2D eigenvalue weighted by Crippen LogP contribution is 2.39. The Morgan fingerprint density at radius 1 is 1.00 bits per heavy atom. The number of benzene rings is 2. The van der Waals surface area contributed by atoms with E-state index in [9.17, 15) is 4.39 Å². The molecule has 0 radical (unpaired) electrons. The highest BCUT2D eigenvalue weighted by atomic mass is 19.1. The molecule has 3 aliphatic rings. The number of imidazole rings is 1. The van der Waals surface area contributed by atoms with Crippen LogP contribution in [0.25, 0.3) is 28.0 Å². The van der Waals surface area contributed by atoms with Crippen molar-refractivity contribution in [1.82, 2.24) is 9.38 Å². The van der Waals surface area contributed by atoms with Crippen LogP contribution in [0, 0.1) is 12.7 Å². The fraction of sp³-hybridized carbons (Fsp3) is 0.472. The van der Waals surface area contributed by atoms with Gasteiger partial charge in [0.15, 0.2) is 0 Å². The predicted molar refractivity (Wildman–Crippen MR) is 169 cm³/mol. The number of hydrogen-bond acceptors (Lipinski definition) is 4. The second-order valence-electron chi connectivity index (χ2n) is 12.6. The van der Waals surface area contributed by atoms with Gasteiger partial charge in [0.1, 0.15) is 23.0 Å². The highest BCUT2D eigenvalue weighted by molar-refractivity contribution is 5.77. The number of pyridine rings is 1. The normalized spacial score (nSPS) is 17.5. The summed E-state index contributed by atoms with van der Waals surface area (Å²) in [4.78, 5) is 7.85. The van der Waals surface area contributed by atoms with Gasteiger partial charge in [-0.2, -0.15) is 0 Å². The zero-order valence-electron chi connectivity index (χ0n) is 25.8. The maximum Gasteiger partial charge on any atom is 0.142 e. The maximum absolute atomic E-state index is 14.5. The van der Waals surface area contributed by atoms with E-state index < -0.39 is 0 Å². The van der Waals surface area contributed by atoms with Crippen molar-refractivity contribution in [2.45, 2.75) is 84.7 Å². The van der Waals surface area contributed by atoms with Crippen LogP contribution < -0.4 is 9.64 Å². The lowest BCUT2D eigenvalue weighted by atomic mass is 9.91. The molecule has 42 heavy (non-hydrogen) atoms. The zero-order chi connectivity index (χ0) is 29.4. The average Bonchev–Trinajstić information content (AvgIpc) is 3.41. The van der Waals surface area contributed by atoms with Crippen molar-refractivity contribution >= 4 is 11.5 Å². The van der Waals surface area contributed by atoms with Crippen LogP contribution in [-0.2, 0) is 11.2 Å². The first-order chi connectivity index (χ1) is 20.3. The smallest absolute Gasteiger partial charge is 0.142 e. The molecular formula is C36H44FN3O2. The number of fused-ring (bicyclic) bond motifs is 8. The number of ether oxygens (including phenoxy) is 2. The summed E-state index contributed by atoms with van der Waals surface area (Å²) in [5.74, 6) is 2.04.